The van der Waals surface area contributed by atoms with E-state index in [0.717, 1.165) is 58.2 Å². The Morgan fingerprint density at radius 1 is 0.615 bits per heavy atom. The lowest BCUT2D eigenvalue weighted by atomic mass is 10.0. The first-order valence-electron chi connectivity index (χ1n) is 15.0. The number of aromatic nitrogens is 1. The van der Waals surface area contributed by atoms with Gasteiger partial charge in [0.15, 0.2) is 0 Å². The Morgan fingerprint density at radius 2 is 1.05 bits per heavy atom. The van der Waals surface area contributed by atoms with Crippen molar-refractivity contribution in [3.8, 4) is 11.8 Å². The summed E-state index contributed by atoms with van der Waals surface area (Å²) >= 11 is 0. The topological polar surface area (TPSA) is 76.6 Å². The van der Waals surface area contributed by atoms with Crippen LogP contribution in [0, 0.1) is 0 Å². The predicted octanol–water partition coefficient (Wildman–Crippen LogP) is 5.49. The van der Waals surface area contributed by atoms with E-state index >= 15 is 0 Å². The van der Waals surface area contributed by atoms with E-state index in [1.54, 1.807) is 4.57 Å². The van der Waals surface area contributed by atoms with E-state index in [1.165, 1.54) is 51.4 Å². The number of aromatic hydroxyl groups is 2. The fourth-order valence-electron chi connectivity index (χ4n) is 5.20. The fraction of sp³-hybridized carbons (Fsp3) is 0.625. The monoisotopic (exact) mass is 537 g/mol. The van der Waals surface area contributed by atoms with E-state index in [-0.39, 0.29) is 11.8 Å². The van der Waals surface area contributed by atoms with Crippen LogP contribution in [-0.4, -0.2) is 78.9 Å². The van der Waals surface area contributed by atoms with Crippen molar-refractivity contribution in [2.24, 2.45) is 9.98 Å². The van der Waals surface area contributed by atoms with Crippen molar-refractivity contribution >= 4 is 21.5 Å². The van der Waals surface area contributed by atoms with Crippen LogP contribution in [0.4, 0.5) is 0 Å². The van der Waals surface area contributed by atoms with Gasteiger partial charge in [-0.2, -0.15) is 0 Å². The molecular formula is C32H51N5O2. The highest BCUT2D eigenvalue weighted by Gasteiger charge is 2.18. The van der Waals surface area contributed by atoms with Crippen LogP contribution in [0.3, 0.4) is 0 Å². The maximum Gasteiger partial charge on any atom is 0.201 e. The van der Waals surface area contributed by atoms with Crippen LogP contribution in [0.2, 0.25) is 0 Å². The van der Waals surface area contributed by atoms with E-state index in [1.807, 2.05) is 52.5 Å². The van der Waals surface area contributed by atoms with Crippen LogP contribution >= 0.6 is 0 Å². The summed E-state index contributed by atoms with van der Waals surface area (Å²) < 4.78 is 1.67. The molecule has 0 aliphatic rings. The second kappa shape index (κ2) is 15.8. The molecule has 7 heteroatoms. The van der Waals surface area contributed by atoms with Gasteiger partial charge in [-0.15, -0.1) is 0 Å². The molecule has 3 rings (SSSR count). The lowest BCUT2D eigenvalue weighted by Crippen LogP contribution is -2.21. The smallest absolute Gasteiger partial charge is 0.201 e. The summed E-state index contributed by atoms with van der Waals surface area (Å²) in [7, 11) is 8.16. The van der Waals surface area contributed by atoms with Gasteiger partial charge in [-0.05, 0) is 58.9 Å². The highest BCUT2D eigenvalue weighted by molar-refractivity contribution is 6.13. The van der Waals surface area contributed by atoms with Gasteiger partial charge in [0.25, 0.3) is 0 Å². The molecule has 0 amide bonds. The minimum Gasteiger partial charge on any atom is -0.494 e. The van der Waals surface area contributed by atoms with Crippen molar-refractivity contribution in [3.05, 3.63) is 35.0 Å². The van der Waals surface area contributed by atoms with E-state index < -0.39 is 0 Å². The van der Waals surface area contributed by atoms with E-state index in [9.17, 15) is 10.2 Å². The number of likely N-dealkylation sites (N-methyl/N-ethyl adjacent to an activating group) is 2. The van der Waals surface area contributed by atoms with Gasteiger partial charge >= 0.3 is 0 Å². The summed E-state index contributed by atoms with van der Waals surface area (Å²) in [5.74, 6) is 0.234. The molecule has 216 valence electrons. The molecule has 7 nitrogen and oxygen atoms in total. The van der Waals surface area contributed by atoms with Crippen molar-refractivity contribution < 1.29 is 10.2 Å². The summed E-state index contributed by atoms with van der Waals surface area (Å²) in [4.78, 5) is 14.0. The summed E-state index contributed by atoms with van der Waals surface area (Å²) in [6, 6.07) is 7.85. The highest BCUT2D eigenvalue weighted by Crippen LogP contribution is 2.37. The molecule has 0 fully saturated rings. The molecule has 2 aromatic carbocycles. The van der Waals surface area contributed by atoms with Gasteiger partial charge in [0.05, 0.1) is 23.8 Å². The van der Waals surface area contributed by atoms with Crippen molar-refractivity contribution in [3.63, 3.8) is 0 Å². The Bertz CT molecular complexity index is 1210. The molecule has 2 N–H and O–H groups in total. The largest absolute Gasteiger partial charge is 0.494 e. The summed E-state index contributed by atoms with van der Waals surface area (Å²) in [6.07, 6.45) is 12.5. The van der Waals surface area contributed by atoms with Gasteiger partial charge in [0, 0.05) is 41.2 Å². The van der Waals surface area contributed by atoms with Crippen molar-refractivity contribution in [2.45, 2.75) is 77.7 Å². The molecular weight excluding hydrogens is 486 g/mol. The van der Waals surface area contributed by atoms with Crippen LogP contribution in [0.5, 0.6) is 11.8 Å². The van der Waals surface area contributed by atoms with Crippen LogP contribution < -0.4 is 10.7 Å². The van der Waals surface area contributed by atoms with Crippen LogP contribution in [0.15, 0.2) is 34.3 Å². The van der Waals surface area contributed by atoms with E-state index in [0.29, 0.717) is 19.6 Å². The number of nitrogens with zero attached hydrogens (tertiary/aromatic N) is 5. The van der Waals surface area contributed by atoms with Gasteiger partial charge in [-0.3, -0.25) is 14.6 Å². The second-order valence-electron chi connectivity index (χ2n) is 11.4. The van der Waals surface area contributed by atoms with Gasteiger partial charge < -0.3 is 20.0 Å². The zero-order chi connectivity index (χ0) is 28.2. The Hall–Kier alpha value is -2.64. The first kappa shape index (κ1) is 30.9. The van der Waals surface area contributed by atoms with E-state index in [4.69, 9.17) is 9.98 Å². The number of hydrogen-bond acceptors (Lipinski definition) is 6. The molecule has 1 aromatic heterocycles. The van der Waals surface area contributed by atoms with Crippen molar-refractivity contribution in [2.75, 3.05) is 54.4 Å². The Morgan fingerprint density at radius 3 is 1.49 bits per heavy atom. The summed E-state index contributed by atoms with van der Waals surface area (Å²) in [5.41, 5.74) is 0. The summed E-state index contributed by atoms with van der Waals surface area (Å²) in [6.45, 7) is 5.87. The number of hydrogen-bond donors (Lipinski definition) is 2. The molecule has 0 aliphatic carbocycles. The Kier molecular flexibility index (Phi) is 12.5. The highest BCUT2D eigenvalue weighted by atomic mass is 16.3. The number of benzene rings is 2. The Labute approximate surface area is 234 Å². The molecule has 0 aliphatic heterocycles. The van der Waals surface area contributed by atoms with E-state index in [2.05, 4.69) is 16.7 Å². The van der Waals surface area contributed by atoms with Gasteiger partial charge in [-0.25, -0.2) is 0 Å². The molecule has 39 heavy (non-hydrogen) atoms. The molecule has 0 atom stereocenters. The lowest BCUT2D eigenvalue weighted by Gasteiger charge is -2.18. The SMILES string of the molecule is CCCCCCCCCCCCn1c(O)c2ccc(=NCCN(C)C)c3c(=NCCN(C)C)ccc(c1O)c23. The number of pyridine rings is 1. The zero-order valence-corrected chi connectivity index (χ0v) is 25.0. The number of rotatable bonds is 17. The average Bonchev–Trinajstić information content (AvgIpc) is 2.90. The minimum atomic E-state index is 0.117. The minimum absolute atomic E-state index is 0.117. The zero-order valence-electron chi connectivity index (χ0n) is 25.0. The lowest BCUT2D eigenvalue weighted by molar-refractivity contribution is 0.358. The molecule has 0 spiro atoms. The molecule has 0 unspecified atom stereocenters. The predicted molar refractivity (Wildman–Crippen MR) is 164 cm³/mol. The Balaban J connectivity index is 1.87. The van der Waals surface area contributed by atoms with Crippen LogP contribution in [0.25, 0.3) is 21.5 Å². The maximum absolute atomic E-state index is 11.3. The van der Waals surface area contributed by atoms with Gasteiger partial charge in [-0.1, -0.05) is 64.7 Å². The van der Waals surface area contributed by atoms with Crippen molar-refractivity contribution in [1.29, 1.82) is 0 Å². The second-order valence-corrected chi connectivity index (χ2v) is 11.4. The molecule has 3 aromatic rings. The summed E-state index contributed by atoms with van der Waals surface area (Å²) in [5, 5.41) is 27.5. The molecule has 0 radical (unpaired) electrons. The van der Waals surface area contributed by atoms with Crippen LogP contribution in [-0.2, 0) is 6.54 Å². The fourth-order valence-corrected chi connectivity index (χ4v) is 5.20. The van der Waals surface area contributed by atoms with Gasteiger partial charge in [0.2, 0.25) is 11.8 Å². The third kappa shape index (κ3) is 8.67. The number of unbranched alkanes of at least 4 members (excludes halogenated alkanes) is 9. The third-order valence-corrected chi connectivity index (χ3v) is 7.50. The molecule has 1 heterocycles. The molecule has 0 saturated carbocycles. The maximum atomic E-state index is 11.3. The average molecular weight is 538 g/mol. The third-order valence-electron chi connectivity index (χ3n) is 7.50. The van der Waals surface area contributed by atoms with Crippen LogP contribution in [0.1, 0.15) is 71.1 Å². The standard InChI is InChI=1S/C32H51N5O2/c1-6-7-8-9-10-11-12-13-14-15-22-37-31(38)25-16-18-27(33-20-23-35(2)3)30-28(34-21-24-36(4)5)19-17-26(29(25)30)32(37)39/h16-19,38-39H,6-15,20-24H2,1-5H3. The molecule has 0 saturated heterocycles. The quantitative estimate of drug-likeness (QED) is 0.223. The normalized spacial score (nSPS) is 13.2. The first-order chi connectivity index (χ1) is 18.8. The van der Waals surface area contributed by atoms with Crippen molar-refractivity contribution in [1.82, 2.24) is 14.4 Å². The molecule has 0 bridgehead atoms. The first-order valence-corrected chi connectivity index (χ1v) is 15.0. The van der Waals surface area contributed by atoms with Gasteiger partial charge in [0.1, 0.15) is 0 Å².